The molecule has 1 fully saturated rings. The van der Waals surface area contributed by atoms with Gasteiger partial charge in [0.2, 0.25) is 5.95 Å². The van der Waals surface area contributed by atoms with E-state index in [-0.39, 0.29) is 19.1 Å². The number of aliphatic hydroxyl groups excluding tert-OH is 2. The maximum absolute atomic E-state index is 12.9. The summed E-state index contributed by atoms with van der Waals surface area (Å²) in [6.45, 7) is 6.22. The molecule has 1 aliphatic heterocycles. The molecule has 1 aromatic heterocycles. The highest BCUT2D eigenvalue weighted by Crippen LogP contribution is 2.26. The molecule has 1 amide bonds. The summed E-state index contributed by atoms with van der Waals surface area (Å²) in [5.74, 6) is 1.29. The fourth-order valence-electron chi connectivity index (χ4n) is 4.01. The zero-order valence-corrected chi connectivity index (χ0v) is 18.5. The summed E-state index contributed by atoms with van der Waals surface area (Å²) >= 11 is 0. The summed E-state index contributed by atoms with van der Waals surface area (Å²) in [5.41, 5.74) is 9.94. The van der Waals surface area contributed by atoms with Gasteiger partial charge in [-0.3, -0.25) is 4.79 Å². The van der Waals surface area contributed by atoms with Crippen LogP contribution in [0.3, 0.4) is 0 Å². The van der Waals surface area contributed by atoms with Crippen molar-refractivity contribution >= 4 is 28.6 Å². The molecule has 32 heavy (non-hydrogen) atoms. The summed E-state index contributed by atoms with van der Waals surface area (Å²) in [5, 5.41) is 19.7. The SMILES string of the molecule is CC(C)c1ccc(C(=O)N2CCN(c3nc(N)c4cc(CO)c(CO)cc4n3)CC2)cc1. The van der Waals surface area contributed by atoms with Gasteiger partial charge in [0.1, 0.15) is 5.82 Å². The van der Waals surface area contributed by atoms with Crippen molar-refractivity contribution < 1.29 is 15.0 Å². The first kappa shape index (κ1) is 22.0. The molecule has 0 atom stereocenters. The van der Waals surface area contributed by atoms with Gasteiger partial charge in [0.25, 0.3) is 5.91 Å². The maximum Gasteiger partial charge on any atom is 0.253 e. The minimum atomic E-state index is -0.191. The summed E-state index contributed by atoms with van der Waals surface area (Å²) in [7, 11) is 0. The number of piperazine rings is 1. The summed E-state index contributed by atoms with van der Waals surface area (Å²) in [6.07, 6.45) is 0. The van der Waals surface area contributed by atoms with Crippen LogP contribution in [0.4, 0.5) is 11.8 Å². The molecule has 0 bridgehead atoms. The smallest absolute Gasteiger partial charge is 0.253 e. The fourth-order valence-corrected chi connectivity index (χ4v) is 4.01. The Bertz CT molecular complexity index is 1120. The zero-order valence-electron chi connectivity index (χ0n) is 18.5. The van der Waals surface area contributed by atoms with E-state index in [1.165, 1.54) is 5.56 Å². The number of benzene rings is 2. The van der Waals surface area contributed by atoms with E-state index in [4.69, 9.17) is 5.73 Å². The van der Waals surface area contributed by atoms with Crippen molar-refractivity contribution in [1.29, 1.82) is 0 Å². The molecule has 2 aromatic carbocycles. The molecule has 0 saturated carbocycles. The number of nitrogen functional groups attached to an aromatic ring is 1. The Kier molecular flexibility index (Phi) is 6.25. The average Bonchev–Trinajstić information content (AvgIpc) is 2.82. The predicted molar refractivity (Wildman–Crippen MR) is 124 cm³/mol. The van der Waals surface area contributed by atoms with Gasteiger partial charge < -0.3 is 25.7 Å². The highest BCUT2D eigenvalue weighted by atomic mass is 16.3. The van der Waals surface area contributed by atoms with Crippen LogP contribution in [0.5, 0.6) is 0 Å². The average molecular weight is 436 g/mol. The largest absolute Gasteiger partial charge is 0.392 e. The molecule has 168 valence electrons. The predicted octanol–water partition coefficient (Wildman–Crippen LogP) is 2.28. The van der Waals surface area contributed by atoms with Crippen molar-refractivity contribution in [2.24, 2.45) is 0 Å². The molecule has 8 heteroatoms. The first-order valence-electron chi connectivity index (χ1n) is 10.9. The van der Waals surface area contributed by atoms with Crippen molar-refractivity contribution in [3.8, 4) is 0 Å². The minimum Gasteiger partial charge on any atom is -0.392 e. The van der Waals surface area contributed by atoms with E-state index in [0.29, 0.717) is 71.5 Å². The molecule has 3 aromatic rings. The number of fused-ring (bicyclic) bond motifs is 1. The highest BCUT2D eigenvalue weighted by molar-refractivity contribution is 5.94. The maximum atomic E-state index is 12.9. The molecule has 4 rings (SSSR count). The molecule has 4 N–H and O–H groups in total. The van der Waals surface area contributed by atoms with Gasteiger partial charge in [0.15, 0.2) is 0 Å². The van der Waals surface area contributed by atoms with E-state index in [9.17, 15) is 15.0 Å². The van der Waals surface area contributed by atoms with Crippen LogP contribution in [0.15, 0.2) is 36.4 Å². The van der Waals surface area contributed by atoms with Gasteiger partial charge in [0.05, 0.1) is 18.7 Å². The van der Waals surface area contributed by atoms with Gasteiger partial charge in [-0.05, 0) is 46.9 Å². The fraction of sp³-hybridized carbons (Fsp3) is 0.375. The Labute approximate surface area is 187 Å². The third kappa shape index (κ3) is 4.24. The standard InChI is InChI=1S/C24H29N5O3/c1-15(2)16-3-5-17(6-4-16)23(32)28-7-9-29(10-8-28)24-26-21-12-19(14-31)18(13-30)11-20(21)22(25)27-24/h3-6,11-12,15,30-31H,7-10,13-14H2,1-2H3,(H2,25,26,27). The number of nitrogens with zero attached hydrogens (tertiary/aromatic N) is 4. The lowest BCUT2D eigenvalue weighted by molar-refractivity contribution is 0.0746. The number of nitrogens with two attached hydrogens (primary N) is 1. The zero-order chi connectivity index (χ0) is 22.8. The third-order valence-electron chi connectivity index (χ3n) is 6.05. The first-order chi connectivity index (χ1) is 15.4. The van der Waals surface area contributed by atoms with Gasteiger partial charge in [-0.2, -0.15) is 4.98 Å². The van der Waals surface area contributed by atoms with Gasteiger partial charge in [-0.1, -0.05) is 26.0 Å². The number of carbonyl (C=O) groups is 1. The van der Waals surface area contributed by atoms with Crippen molar-refractivity contribution in [2.45, 2.75) is 33.0 Å². The third-order valence-corrected chi connectivity index (χ3v) is 6.05. The van der Waals surface area contributed by atoms with E-state index in [1.807, 2.05) is 34.1 Å². The number of rotatable bonds is 5. The minimum absolute atomic E-state index is 0.0306. The molecule has 0 spiro atoms. The van der Waals surface area contributed by atoms with Crippen molar-refractivity contribution in [1.82, 2.24) is 14.9 Å². The second-order valence-electron chi connectivity index (χ2n) is 8.42. The van der Waals surface area contributed by atoms with Crippen LogP contribution < -0.4 is 10.6 Å². The van der Waals surface area contributed by atoms with Crippen molar-refractivity contribution in [3.63, 3.8) is 0 Å². The Morgan fingerprint density at radius 1 is 1.00 bits per heavy atom. The summed E-state index contributed by atoms with van der Waals surface area (Å²) < 4.78 is 0. The quantitative estimate of drug-likeness (QED) is 0.563. The second-order valence-corrected chi connectivity index (χ2v) is 8.42. The molecular formula is C24H29N5O3. The number of carbonyl (C=O) groups excluding carboxylic acids is 1. The Morgan fingerprint density at radius 2 is 1.62 bits per heavy atom. The van der Waals surface area contributed by atoms with Gasteiger partial charge in [-0.15, -0.1) is 0 Å². The van der Waals surface area contributed by atoms with E-state index in [0.717, 1.165) is 0 Å². The Hall–Kier alpha value is -3.23. The molecule has 1 aliphatic rings. The van der Waals surface area contributed by atoms with E-state index < -0.39 is 0 Å². The van der Waals surface area contributed by atoms with E-state index in [2.05, 4.69) is 23.8 Å². The lowest BCUT2D eigenvalue weighted by Crippen LogP contribution is -2.49. The van der Waals surface area contributed by atoms with Crippen LogP contribution in [-0.2, 0) is 13.2 Å². The van der Waals surface area contributed by atoms with Gasteiger partial charge in [-0.25, -0.2) is 4.98 Å². The molecular weight excluding hydrogens is 406 g/mol. The van der Waals surface area contributed by atoms with E-state index in [1.54, 1.807) is 12.1 Å². The Morgan fingerprint density at radius 3 is 2.22 bits per heavy atom. The van der Waals surface area contributed by atoms with Crippen LogP contribution in [-0.4, -0.2) is 57.2 Å². The lowest BCUT2D eigenvalue weighted by atomic mass is 10.0. The molecule has 2 heterocycles. The molecule has 0 unspecified atom stereocenters. The number of anilines is 2. The first-order valence-corrected chi connectivity index (χ1v) is 10.9. The Balaban J connectivity index is 1.49. The van der Waals surface area contributed by atoms with Crippen LogP contribution in [0.2, 0.25) is 0 Å². The molecule has 0 radical (unpaired) electrons. The van der Waals surface area contributed by atoms with Gasteiger partial charge in [0, 0.05) is 37.1 Å². The molecule has 0 aliphatic carbocycles. The summed E-state index contributed by atoms with van der Waals surface area (Å²) in [4.78, 5) is 25.9. The number of amides is 1. The van der Waals surface area contributed by atoms with Crippen molar-refractivity contribution in [2.75, 3.05) is 36.8 Å². The van der Waals surface area contributed by atoms with Crippen LogP contribution in [0.25, 0.3) is 10.9 Å². The summed E-state index contributed by atoms with van der Waals surface area (Å²) in [6, 6.07) is 11.3. The lowest BCUT2D eigenvalue weighted by Gasteiger charge is -2.35. The monoisotopic (exact) mass is 435 g/mol. The molecule has 1 saturated heterocycles. The topological polar surface area (TPSA) is 116 Å². The van der Waals surface area contributed by atoms with Crippen LogP contribution in [0.1, 0.15) is 46.8 Å². The van der Waals surface area contributed by atoms with Crippen LogP contribution >= 0.6 is 0 Å². The number of hydrogen-bond donors (Lipinski definition) is 3. The number of aromatic nitrogens is 2. The normalized spacial score (nSPS) is 14.4. The van der Waals surface area contributed by atoms with E-state index >= 15 is 0 Å². The molecule has 8 nitrogen and oxygen atoms in total. The highest BCUT2D eigenvalue weighted by Gasteiger charge is 2.24. The van der Waals surface area contributed by atoms with Gasteiger partial charge >= 0.3 is 0 Å². The second kappa shape index (κ2) is 9.10. The van der Waals surface area contributed by atoms with Crippen LogP contribution in [0, 0.1) is 0 Å². The number of hydrogen-bond acceptors (Lipinski definition) is 7. The number of aliphatic hydroxyl groups is 2. The van der Waals surface area contributed by atoms with Crippen molar-refractivity contribution in [3.05, 3.63) is 58.7 Å².